The fraction of sp³-hybridized carbons (Fsp3) is 0.571. The van der Waals surface area contributed by atoms with Gasteiger partial charge in [0, 0.05) is 0 Å². The monoisotopic (exact) mass is 186 g/mol. The molecule has 1 fully saturated rings. The van der Waals surface area contributed by atoms with Gasteiger partial charge in [-0.05, 0) is 36.5 Å². The summed E-state index contributed by atoms with van der Waals surface area (Å²) in [5, 5.41) is 0. The highest BCUT2D eigenvalue weighted by atomic mass is 14.1. The van der Waals surface area contributed by atoms with E-state index in [4.69, 9.17) is 6.42 Å². The van der Waals surface area contributed by atoms with Crippen molar-refractivity contribution in [1.29, 1.82) is 0 Å². The molecule has 0 aromatic rings. The first-order valence-corrected chi connectivity index (χ1v) is 5.18. The third-order valence-electron chi connectivity index (χ3n) is 2.22. The van der Waals surface area contributed by atoms with Crippen molar-refractivity contribution in [3.05, 3.63) is 0 Å². The van der Waals surface area contributed by atoms with Crippen LogP contribution in [0.4, 0.5) is 0 Å². The molecular weight excluding hydrogens is 168 g/mol. The zero-order valence-electron chi connectivity index (χ0n) is 9.19. The zero-order chi connectivity index (χ0) is 10.6. The van der Waals surface area contributed by atoms with E-state index in [1.54, 1.807) is 6.92 Å². The Kier molecular flexibility index (Phi) is 8.84. The second-order valence-electron chi connectivity index (χ2n) is 3.51. The van der Waals surface area contributed by atoms with Gasteiger partial charge in [0.25, 0.3) is 0 Å². The van der Waals surface area contributed by atoms with Crippen molar-refractivity contribution in [3.63, 3.8) is 0 Å². The minimum atomic E-state index is 1.04. The van der Waals surface area contributed by atoms with Crippen molar-refractivity contribution in [3.8, 4) is 36.0 Å². The maximum atomic E-state index is 4.78. The van der Waals surface area contributed by atoms with Crippen LogP contribution in [0.1, 0.15) is 46.0 Å². The predicted molar refractivity (Wildman–Crippen MR) is 62.3 cm³/mol. The highest BCUT2D eigenvalue weighted by molar-refractivity contribution is 5.33. The lowest BCUT2D eigenvalue weighted by Crippen LogP contribution is -1.99. The van der Waals surface area contributed by atoms with Crippen molar-refractivity contribution in [1.82, 2.24) is 0 Å². The average molecular weight is 186 g/mol. The Morgan fingerprint density at radius 2 is 1.64 bits per heavy atom. The molecule has 0 heterocycles. The maximum Gasteiger partial charge on any atom is -0.00108 e. The van der Waals surface area contributed by atoms with Crippen LogP contribution in [0.2, 0.25) is 0 Å². The van der Waals surface area contributed by atoms with E-state index in [1.165, 1.54) is 32.1 Å². The van der Waals surface area contributed by atoms with Gasteiger partial charge in [0.2, 0.25) is 0 Å². The van der Waals surface area contributed by atoms with E-state index in [9.17, 15) is 0 Å². The van der Waals surface area contributed by atoms with E-state index < -0.39 is 0 Å². The number of hydrogen-bond acceptors (Lipinski definition) is 0. The molecule has 0 spiro atoms. The van der Waals surface area contributed by atoms with Crippen LogP contribution in [-0.2, 0) is 0 Å². The molecular formula is C14H18. The Hall–Kier alpha value is -1.32. The van der Waals surface area contributed by atoms with Gasteiger partial charge >= 0.3 is 0 Å². The largest absolute Gasteiger partial charge is 0.106 e. The Balaban J connectivity index is 0.000000241. The molecule has 1 rings (SSSR count). The summed E-state index contributed by atoms with van der Waals surface area (Å²) in [6, 6.07) is 0. The van der Waals surface area contributed by atoms with Gasteiger partial charge in [-0.3, -0.25) is 0 Å². The second kappa shape index (κ2) is 9.77. The quantitative estimate of drug-likeness (QED) is 0.509. The molecule has 0 aliphatic heterocycles. The Labute approximate surface area is 88.5 Å². The van der Waals surface area contributed by atoms with Gasteiger partial charge in [-0.15, -0.1) is 6.42 Å². The van der Waals surface area contributed by atoms with Crippen LogP contribution in [0.25, 0.3) is 0 Å². The molecule has 14 heavy (non-hydrogen) atoms. The van der Waals surface area contributed by atoms with Crippen molar-refractivity contribution in [2.75, 3.05) is 0 Å². The van der Waals surface area contributed by atoms with Gasteiger partial charge < -0.3 is 0 Å². The SMILES string of the molecule is C#CC#CC#CC.CC1CCCCC1. The molecule has 1 aliphatic rings. The molecule has 1 saturated carbocycles. The fourth-order valence-electron chi connectivity index (χ4n) is 1.44. The summed E-state index contributed by atoms with van der Waals surface area (Å²) in [5.41, 5.74) is 0. The average Bonchev–Trinajstić information content (AvgIpc) is 2.21. The zero-order valence-corrected chi connectivity index (χ0v) is 9.19. The van der Waals surface area contributed by atoms with E-state index in [2.05, 4.69) is 36.5 Å². The first-order valence-electron chi connectivity index (χ1n) is 5.18. The van der Waals surface area contributed by atoms with E-state index in [0.29, 0.717) is 0 Å². The summed E-state index contributed by atoms with van der Waals surface area (Å²) >= 11 is 0. The molecule has 0 aromatic heterocycles. The second-order valence-corrected chi connectivity index (χ2v) is 3.51. The third kappa shape index (κ3) is 8.77. The van der Waals surface area contributed by atoms with Gasteiger partial charge in [0.15, 0.2) is 0 Å². The van der Waals surface area contributed by atoms with E-state index in [0.717, 1.165) is 5.92 Å². The molecule has 0 aromatic carbocycles. The topological polar surface area (TPSA) is 0 Å². The van der Waals surface area contributed by atoms with Crippen LogP contribution in [0.15, 0.2) is 0 Å². The van der Waals surface area contributed by atoms with Gasteiger partial charge in [0.05, 0.1) is 0 Å². The van der Waals surface area contributed by atoms with Gasteiger partial charge in [0.1, 0.15) is 0 Å². The minimum Gasteiger partial charge on any atom is -0.106 e. The Bertz CT molecular complexity index is 276. The first kappa shape index (κ1) is 12.7. The van der Waals surface area contributed by atoms with Crippen LogP contribution >= 0.6 is 0 Å². The molecule has 0 heteroatoms. The summed E-state index contributed by atoms with van der Waals surface area (Å²) < 4.78 is 0. The molecule has 0 saturated heterocycles. The normalized spacial score (nSPS) is 14.4. The van der Waals surface area contributed by atoms with Gasteiger partial charge in [-0.25, -0.2) is 0 Å². The number of rotatable bonds is 0. The van der Waals surface area contributed by atoms with Gasteiger partial charge in [-0.1, -0.05) is 44.9 Å². The fourth-order valence-corrected chi connectivity index (χ4v) is 1.44. The molecule has 0 amide bonds. The molecule has 0 nitrogen and oxygen atoms in total. The van der Waals surface area contributed by atoms with Crippen molar-refractivity contribution in [2.45, 2.75) is 46.0 Å². The molecule has 74 valence electrons. The predicted octanol–water partition coefficient (Wildman–Crippen LogP) is 3.23. The van der Waals surface area contributed by atoms with Crippen LogP contribution in [0, 0.1) is 41.9 Å². The summed E-state index contributed by atoms with van der Waals surface area (Å²) in [5.74, 6) is 13.0. The number of hydrogen-bond donors (Lipinski definition) is 0. The first-order chi connectivity index (χ1) is 6.81. The highest BCUT2D eigenvalue weighted by Crippen LogP contribution is 2.21. The van der Waals surface area contributed by atoms with Crippen molar-refractivity contribution in [2.24, 2.45) is 5.92 Å². The highest BCUT2D eigenvalue weighted by Gasteiger charge is 2.05. The smallest absolute Gasteiger partial charge is 0.00108 e. The van der Waals surface area contributed by atoms with E-state index >= 15 is 0 Å². The summed E-state index contributed by atoms with van der Waals surface area (Å²) in [6.07, 6.45) is 12.2. The molecule has 0 N–H and O–H groups in total. The standard InChI is InChI=1S/C7H14.C7H4/c1-7-5-3-2-4-6-7;1-3-5-7-6-4-2/h7H,2-6H2,1H3;1H,2H3. The maximum absolute atomic E-state index is 4.78. The molecule has 0 atom stereocenters. The Morgan fingerprint density at radius 3 is 2.00 bits per heavy atom. The molecule has 0 bridgehead atoms. The van der Waals surface area contributed by atoms with E-state index in [-0.39, 0.29) is 0 Å². The lowest BCUT2D eigenvalue weighted by atomic mass is 9.91. The summed E-state index contributed by atoms with van der Waals surface area (Å²) in [4.78, 5) is 0. The van der Waals surface area contributed by atoms with Crippen LogP contribution in [0.5, 0.6) is 0 Å². The van der Waals surface area contributed by atoms with Crippen LogP contribution in [-0.4, -0.2) is 0 Å². The molecule has 0 radical (unpaired) electrons. The molecule has 0 unspecified atom stereocenters. The minimum absolute atomic E-state index is 1.04. The lowest BCUT2D eigenvalue weighted by molar-refractivity contribution is 0.385. The van der Waals surface area contributed by atoms with Crippen molar-refractivity contribution < 1.29 is 0 Å². The van der Waals surface area contributed by atoms with Crippen LogP contribution in [0.3, 0.4) is 0 Å². The summed E-state index contributed by atoms with van der Waals surface area (Å²) in [7, 11) is 0. The summed E-state index contributed by atoms with van der Waals surface area (Å²) in [6.45, 7) is 4.07. The number of terminal acetylenes is 1. The van der Waals surface area contributed by atoms with E-state index in [1.807, 2.05) is 0 Å². The van der Waals surface area contributed by atoms with Crippen LogP contribution < -0.4 is 0 Å². The molecule has 1 aliphatic carbocycles. The Morgan fingerprint density at radius 1 is 1.00 bits per heavy atom. The van der Waals surface area contributed by atoms with Crippen molar-refractivity contribution >= 4 is 0 Å². The van der Waals surface area contributed by atoms with Gasteiger partial charge in [-0.2, -0.15) is 0 Å². The third-order valence-corrected chi connectivity index (χ3v) is 2.22. The lowest BCUT2D eigenvalue weighted by Gasteiger charge is -2.15.